The number of carbonyl (C=O) groups is 1. The van der Waals surface area contributed by atoms with Gasteiger partial charge in [-0.2, -0.15) is 0 Å². The van der Waals surface area contributed by atoms with Gasteiger partial charge in [-0.25, -0.2) is 9.78 Å². The monoisotopic (exact) mass is 341 g/mol. The van der Waals surface area contributed by atoms with E-state index in [0.717, 1.165) is 17.1 Å². The van der Waals surface area contributed by atoms with E-state index in [1.54, 1.807) is 11.3 Å². The lowest BCUT2D eigenvalue weighted by atomic mass is 10.1. The molecular formula is C19H21N2O2S+. The molecule has 24 heavy (non-hydrogen) atoms. The second-order valence-electron chi connectivity index (χ2n) is 5.95. The highest BCUT2D eigenvalue weighted by Gasteiger charge is 2.20. The van der Waals surface area contributed by atoms with Gasteiger partial charge in [0.05, 0.1) is 29.9 Å². The predicted molar refractivity (Wildman–Crippen MR) is 96.4 cm³/mol. The number of quaternary nitrogens is 1. The minimum atomic E-state index is -0.301. The van der Waals surface area contributed by atoms with E-state index in [-0.39, 0.29) is 5.97 Å². The molecule has 5 heteroatoms. The number of benzene rings is 2. The number of ether oxygens (including phenoxy) is 1. The van der Waals surface area contributed by atoms with E-state index in [0.29, 0.717) is 11.6 Å². The zero-order valence-corrected chi connectivity index (χ0v) is 14.9. The number of methoxy groups -OCH3 is 1. The van der Waals surface area contributed by atoms with Crippen molar-refractivity contribution < 1.29 is 14.4 Å². The molecule has 3 aromatic rings. The van der Waals surface area contributed by atoms with Crippen LogP contribution in [-0.4, -0.2) is 25.1 Å². The van der Waals surface area contributed by atoms with Crippen LogP contribution in [0.1, 0.15) is 33.9 Å². The third-order valence-electron chi connectivity index (χ3n) is 4.28. The molecule has 1 unspecified atom stereocenters. The summed E-state index contributed by atoms with van der Waals surface area (Å²) in [4.78, 5) is 17.6. The summed E-state index contributed by atoms with van der Waals surface area (Å²) in [5.41, 5.74) is 2.84. The van der Waals surface area contributed by atoms with Crippen molar-refractivity contribution in [3.63, 3.8) is 0 Å². The smallest absolute Gasteiger partial charge is 0.337 e. The lowest BCUT2D eigenvalue weighted by Crippen LogP contribution is -3.07. The molecule has 0 saturated heterocycles. The van der Waals surface area contributed by atoms with Gasteiger partial charge in [-0.3, -0.25) is 0 Å². The Balaban J connectivity index is 1.71. The fraction of sp³-hybridized carbons (Fsp3) is 0.263. The van der Waals surface area contributed by atoms with Crippen molar-refractivity contribution in [3.8, 4) is 0 Å². The van der Waals surface area contributed by atoms with E-state index < -0.39 is 0 Å². The molecule has 2 aromatic carbocycles. The summed E-state index contributed by atoms with van der Waals surface area (Å²) >= 11 is 1.76. The normalized spacial score (nSPS) is 13.6. The van der Waals surface area contributed by atoms with Crippen LogP contribution in [0.4, 0.5) is 0 Å². The number of rotatable bonds is 5. The van der Waals surface area contributed by atoms with E-state index in [4.69, 9.17) is 9.72 Å². The lowest BCUT2D eigenvalue weighted by molar-refractivity contribution is -0.923. The summed E-state index contributed by atoms with van der Waals surface area (Å²) in [5, 5.41) is 1.15. The average molecular weight is 341 g/mol. The Morgan fingerprint density at radius 2 is 1.92 bits per heavy atom. The maximum absolute atomic E-state index is 11.5. The molecule has 0 aliphatic rings. The second-order valence-corrected chi connectivity index (χ2v) is 7.02. The largest absolute Gasteiger partial charge is 0.465 e. The van der Waals surface area contributed by atoms with Crippen LogP contribution in [0.25, 0.3) is 10.2 Å². The molecule has 0 aliphatic carbocycles. The van der Waals surface area contributed by atoms with Crippen molar-refractivity contribution >= 4 is 27.5 Å². The predicted octanol–water partition coefficient (Wildman–Crippen LogP) is 2.86. The van der Waals surface area contributed by atoms with E-state index in [1.807, 2.05) is 36.4 Å². The van der Waals surface area contributed by atoms with Crippen LogP contribution < -0.4 is 4.90 Å². The minimum absolute atomic E-state index is 0.301. The molecular weight excluding hydrogens is 320 g/mol. The van der Waals surface area contributed by atoms with E-state index in [1.165, 1.54) is 22.3 Å². The Morgan fingerprint density at radius 3 is 2.58 bits per heavy atom. The molecule has 1 aromatic heterocycles. The molecule has 2 atom stereocenters. The van der Waals surface area contributed by atoms with Gasteiger partial charge >= 0.3 is 5.97 Å². The van der Waals surface area contributed by atoms with Gasteiger partial charge in [-0.1, -0.05) is 24.3 Å². The van der Waals surface area contributed by atoms with Gasteiger partial charge in [0.1, 0.15) is 12.6 Å². The first-order valence-corrected chi connectivity index (χ1v) is 8.75. The summed E-state index contributed by atoms with van der Waals surface area (Å²) in [5.74, 6) is -0.301. The Hall–Kier alpha value is -2.24. The van der Waals surface area contributed by atoms with Crippen LogP contribution in [0.15, 0.2) is 48.5 Å². The number of nitrogens with zero attached hydrogens (tertiary/aromatic N) is 1. The van der Waals surface area contributed by atoms with Crippen molar-refractivity contribution in [1.29, 1.82) is 0 Å². The fourth-order valence-corrected chi connectivity index (χ4v) is 3.75. The molecule has 3 rings (SSSR count). The van der Waals surface area contributed by atoms with Crippen LogP contribution in [0, 0.1) is 0 Å². The molecule has 0 saturated carbocycles. The van der Waals surface area contributed by atoms with Crippen LogP contribution in [0.3, 0.4) is 0 Å². The SMILES string of the molecule is COC(=O)c1ccc(C[NH+](C)[C@H](C)c2nc3ccccc3s2)cc1. The molecule has 4 nitrogen and oxygen atoms in total. The Kier molecular flexibility index (Phi) is 4.92. The number of hydrogen-bond donors (Lipinski definition) is 1. The lowest BCUT2D eigenvalue weighted by Gasteiger charge is -2.20. The maximum atomic E-state index is 11.5. The molecule has 0 bridgehead atoms. The summed E-state index contributed by atoms with van der Waals surface area (Å²) in [7, 11) is 3.57. The van der Waals surface area contributed by atoms with Gasteiger partial charge in [-0.05, 0) is 31.2 Å². The average Bonchev–Trinajstić information content (AvgIpc) is 3.05. The topological polar surface area (TPSA) is 43.6 Å². The third kappa shape index (κ3) is 3.47. The van der Waals surface area contributed by atoms with E-state index in [2.05, 4.69) is 26.1 Å². The maximum Gasteiger partial charge on any atom is 0.337 e. The number of nitrogens with one attached hydrogen (secondary N) is 1. The van der Waals surface area contributed by atoms with Gasteiger partial charge in [0, 0.05) is 5.56 Å². The molecule has 0 aliphatic heterocycles. The van der Waals surface area contributed by atoms with Gasteiger partial charge in [0.15, 0.2) is 5.01 Å². The highest BCUT2D eigenvalue weighted by atomic mass is 32.1. The van der Waals surface area contributed by atoms with E-state index in [9.17, 15) is 4.79 Å². The Bertz CT molecular complexity index is 809. The molecule has 0 spiro atoms. The summed E-state index contributed by atoms with van der Waals surface area (Å²) in [6.07, 6.45) is 0. The second kappa shape index (κ2) is 7.11. The van der Waals surface area contributed by atoms with Crippen LogP contribution in [0.5, 0.6) is 0 Å². The van der Waals surface area contributed by atoms with E-state index >= 15 is 0 Å². The summed E-state index contributed by atoms with van der Waals surface area (Å²) in [6.45, 7) is 3.08. The number of hydrogen-bond acceptors (Lipinski definition) is 4. The summed E-state index contributed by atoms with van der Waals surface area (Å²) < 4.78 is 5.96. The first kappa shape index (κ1) is 16.6. The van der Waals surface area contributed by atoms with Crippen LogP contribution in [-0.2, 0) is 11.3 Å². The number of fused-ring (bicyclic) bond motifs is 1. The number of esters is 1. The molecule has 1 N–H and O–H groups in total. The van der Waals surface area contributed by atoms with Gasteiger partial charge in [0.25, 0.3) is 0 Å². The minimum Gasteiger partial charge on any atom is -0.465 e. The third-order valence-corrected chi connectivity index (χ3v) is 5.50. The van der Waals surface area contributed by atoms with Crippen molar-refractivity contribution in [1.82, 2.24) is 4.98 Å². The first-order chi connectivity index (χ1) is 11.6. The van der Waals surface area contributed by atoms with Crippen molar-refractivity contribution in [2.45, 2.75) is 19.5 Å². The first-order valence-electron chi connectivity index (χ1n) is 7.93. The number of aromatic nitrogens is 1. The standard InChI is InChI=1S/C19H20N2O2S/c1-13(18-20-16-6-4-5-7-17(16)24-18)21(2)12-14-8-10-15(11-9-14)19(22)23-3/h4-11,13H,12H2,1-3H3/p+1/t13-/m1/s1. The van der Waals surface area contributed by atoms with Gasteiger partial charge in [-0.15, -0.1) is 11.3 Å². The fourth-order valence-electron chi connectivity index (χ4n) is 2.64. The summed E-state index contributed by atoms with van der Waals surface area (Å²) in [6, 6.07) is 16.2. The van der Waals surface area contributed by atoms with Crippen molar-refractivity contribution in [2.24, 2.45) is 0 Å². The van der Waals surface area contributed by atoms with Crippen molar-refractivity contribution in [3.05, 3.63) is 64.7 Å². The van der Waals surface area contributed by atoms with Gasteiger partial charge < -0.3 is 9.64 Å². The zero-order valence-electron chi connectivity index (χ0n) is 14.1. The molecule has 0 fully saturated rings. The number of para-hydroxylation sites is 1. The molecule has 124 valence electrons. The highest BCUT2D eigenvalue weighted by Crippen LogP contribution is 2.24. The molecule has 1 heterocycles. The molecule has 0 radical (unpaired) electrons. The van der Waals surface area contributed by atoms with Crippen LogP contribution in [0.2, 0.25) is 0 Å². The van der Waals surface area contributed by atoms with Gasteiger partial charge in [0.2, 0.25) is 0 Å². The molecule has 0 amide bonds. The number of thiazole rings is 1. The highest BCUT2D eigenvalue weighted by molar-refractivity contribution is 7.18. The zero-order chi connectivity index (χ0) is 17.1. The Morgan fingerprint density at radius 1 is 1.21 bits per heavy atom. The number of carbonyl (C=O) groups excluding carboxylic acids is 1. The van der Waals surface area contributed by atoms with Crippen LogP contribution >= 0.6 is 11.3 Å². The van der Waals surface area contributed by atoms with Crippen molar-refractivity contribution in [2.75, 3.05) is 14.2 Å². The quantitative estimate of drug-likeness (QED) is 0.726. The Labute approximate surface area is 145 Å².